The van der Waals surface area contributed by atoms with Gasteiger partial charge in [-0.2, -0.15) is 0 Å². The van der Waals surface area contributed by atoms with Crippen LogP contribution in [0.4, 0.5) is 5.69 Å². The predicted molar refractivity (Wildman–Crippen MR) is 108 cm³/mol. The molecule has 148 valence electrons. The summed E-state index contributed by atoms with van der Waals surface area (Å²) in [6.45, 7) is 3.56. The van der Waals surface area contributed by atoms with Gasteiger partial charge in [0.05, 0.1) is 17.5 Å². The Kier molecular flexibility index (Phi) is 6.24. The van der Waals surface area contributed by atoms with E-state index >= 15 is 0 Å². The van der Waals surface area contributed by atoms with Gasteiger partial charge in [-0.05, 0) is 43.2 Å². The molecule has 1 amide bonds. The lowest BCUT2D eigenvalue weighted by Crippen LogP contribution is -2.25. The van der Waals surface area contributed by atoms with Crippen molar-refractivity contribution in [1.29, 1.82) is 0 Å². The fraction of sp³-hybridized carbons (Fsp3) is 0.174. The number of nitrogens with one attached hydrogen (secondary N) is 1. The van der Waals surface area contributed by atoms with E-state index in [1.807, 2.05) is 19.1 Å². The third-order valence-corrected chi connectivity index (χ3v) is 4.44. The predicted octanol–water partition coefficient (Wildman–Crippen LogP) is 4.52. The molecule has 1 atom stereocenters. The van der Waals surface area contributed by atoms with Gasteiger partial charge in [0.15, 0.2) is 11.9 Å². The number of carbonyl (C=O) groups is 3. The minimum atomic E-state index is -0.969. The van der Waals surface area contributed by atoms with Crippen molar-refractivity contribution in [3.63, 3.8) is 0 Å². The number of hydrogen-bond acceptors (Lipinski definition) is 5. The highest BCUT2D eigenvalue weighted by molar-refractivity contribution is 6.07. The Bertz CT molecular complexity index is 1010. The van der Waals surface area contributed by atoms with Crippen molar-refractivity contribution >= 4 is 23.3 Å². The third kappa shape index (κ3) is 4.79. The molecule has 1 aromatic heterocycles. The Labute approximate surface area is 168 Å². The van der Waals surface area contributed by atoms with Crippen LogP contribution in [0.15, 0.2) is 71.3 Å². The molecule has 1 N–H and O–H groups in total. The zero-order valence-corrected chi connectivity index (χ0v) is 16.2. The number of furan rings is 1. The van der Waals surface area contributed by atoms with Crippen molar-refractivity contribution in [3.8, 4) is 0 Å². The Hall–Kier alpha value is -3.67. The first-order valence-corrected chi connectivity index (χ1v) is 9.27. The van der Waals surface area contributed by atoms with Gasteiger partial charge in [-0.3, -0.25) is 9.59 Å². The number of hydrogen-bond donors (Lipinski definition) is 1. The number of Topliss-reactive ketones (excluding diaryl/α,β-unsaturated/α-hetero) is 1. The van der Waals surface area contributed by atoms with E-state index in [2.05, 4.69) is 5.32 Å². The number of carbonyl (C=O) groups excluding carboxylic acids is 3. The molecule has 0 aliphatic heterocycles. The van der Waals surface area contributed by atoms with Crippen LogP contribution in [0.1, 0.15) is 50.7 Å². The van der Waals surface area contributed by atoms with Gasteiger partial charge in [0.25, 0.3) is 5.91 Å². The molecule has 0 radical (unpaired) electrons. The fourth-order valence-corrected chi connectivity index (χ4v) is 2.78. The molecular weight excluding hydrogens is 370 g/mol. The lowest BCUT2D eigenvalue weighted by molar-refractivity contribution is 0.0320. The molecule has 3 aromatic rings. The molecule has 0 aliphatic rings. The van der Waals surface area contributed by atoms with E-state index in [-0.39, 0.29) is 22.8 Å². The summed E-state index contributed by atoms with van der Waals surface area (Å²) in [6.07, 6.45) is 1.29. The third-order valence-electron chi connectivity index (χ3n) is 4.44. The summed E-state index contributed by atoms with van der Waals surface area (Å²) >= 11 is 0. The number of benzene rings is 2. The molecule has 2 aromatic carbocycles. The second-order valence-electron chi connectivity index (χ2n) is 6.44. The van der Waals surface area contributed by atoms with Gasteiger partial charge in [0.2, 0.25) is 5.78 Å². The average molecular weight is 391 g/mol. The maximum Gasteiger partial charge on any atom is 0.340 e. The molecule has 0 spiro atoms. The number of ether oxygens (including phenoxy) is 1. The monoisotopic (exact) mass is 391 g/mol. The quantitative estimate of drug-likeness (QED) is 0.473. The van der Waals surface area contributed by atoms with E-state index in [0.717, 1.165) is 12.0 Å². The second-order valence-corrected chi connectivity index (χ2v) is 6.44. The molecule has 6 heteroatoms. The van der Waals surface area contributed by atoms with Crippen LogP contribution < -0.4 is 5.32 Å². The van der Waals surface area contributed by atoms with Crippen LogP contribution in [0.5, 0.6) is 0 Å². The number of rotatable bonds is 7. The van der Waals surface area contributed by atoms with Gasteiger partial charge < -0.3 is 14.5 Å². The number of ketones is 1. The van der Waals surface area contributed by atoms with Crippen LogP contribution in [0.25, 0.3) is 0 Å². The van der Waals surface area contributed by atoms with E-state index in [1.165, 1.54) is 25.3 Å². The van der Waals surface area contributed by atoms with Crippen LogP contribution in [0.2, 0.25) is 0 Å². The Balaban J connectivity index is 1.71. The van der Waals surface area contributed by atoms with Crippen molar-refractivity contribution in [2.45, 2.75) is 26.4 Å². The lowest BCUT2D eigenvalue weighted by Gasteiger charge is -2.15. The van der Waals surface area contributed by atoms with Gasteiger partial charge in [0.1, 0.15) is 0 Å². The van der Waals surface area contributed by atoms with Crippen LogP contribution >= 0.6 is 0 Å². The fourth-order valence-electron chi connectivity index (χ4n) is 2.78. The van der Waals surface area contributed by atoms with Crippen LogP contribution in [-0.2, 0) is 11.2 Å². The van der Waals surface area contributed by atoms with E-state index in [0.29, 0.717) is 5.56 Å². The molecule has 0 unspecified atom stereocenters. The molecule has 0 bridgehead atoms. The molecule has 3 rings (SSSR count). The van der Waals surface area contributed by atoms with E-state index in [1.54, 1.807) is 36.4 Å². The van der Waals surface area contributed by atoms with Gasteiger partial charge in [-0.25, -0.2) is 4.79 Å². The normalized spacial score (nSPS) is 11.5. The van der Waals surface area contributed by atoms with E-state index in [9.17, 15) is 14.4 Å². The SMILES string of the molecule is CCc1ccc(C(=O)[C@@H](C)OC(=O)c2ccccc2NC(=O)c2ccco2)cc1. The number of para-hydroxylation sites is 1. The minimum Gasteiger partial charge on any atom is -0.459 e. The number of aryl methyl sites for hydroxylation is 1. The highest BCUT2D eigenvalue weighted by atomic mass is 16.5. The second kappa shape index (κ2) is 9.01. The van der Waals surface area contributed by atoms with E-state index in [4.69, 9.17) is 9.15 Å². The Morgan fingerprint density at radius 2 is 1.72 bits per heavy atom. The number of anilines is 1. The first kappa shape index (κ1) is 20.1. The highest BCUT2D eigenvalue weighted by Crippen LogP contribution is 2.19. The maximum atomic E-state index is 12.6. The first-order chi connectivity index (χ1) is 14.0. The summed E-state index contributed by atoms with van der Waals surface area (Å²) < 4.78 is 10.4. The van der Waals surface area contributed by atoms with Gasteiger partial charge in [0, 0.05) is 5.56 Å². The largest absolute Gasteiger partial charge is 0.459 e. The Morgan fingerprint density at radius 1 is 1.00 bits per heavy atom. The lowest BCUT2D eigenvalue weighted by atomic mass is 10.0. The smallest absolute Gasteiger partial charge is 0.340 e. The summed E-state index contributed by atoms with van der Waals surface area (Å²) in [7, 11) is 0. The zero-order chi connectivity index (χ0) is 20.8. The standard InChI is InChI=1S/C23H21NO5/c1-3-16-10-12-17(13-11-16)21(25)15(2)29-23(27)18-7-4-5-8-19(18)24-22(26)20-9-6-14-28-20/h4-15H,3H2,1-2H3,(H,24,26)/t15-/m1/s1. The summed E-state index contributed by atoms with van der Waals surface area (Å²) in [6, 6.07) is 16.7. The average Bonchev–Trinajstić information content (AvgIpc) is 3.28. The summed E-state index contributed by atoms with van der Waals surface area (Å²) in [5.74, 6) is -1.37. The van der Waals surface area contributed by atoms with Crippen molar-refractivity contribution in [3.05, 3.63) is 89.4 Å². The molecule has 6 nitrogen and oxygen atoms in total. The van der Waals surface area contributed by atoms with Crippen LogP contribution in [-0.4, -0.2) is 23.8 Å². The molecule has 0 saturated carbocycles. The van der Waals surface area contributed by atoms with E-state index < -0.39 is 18.0 Å². The summed E-state index contributed by atoms with van der Waals surface area (Å²) in [5, 5.41) is 2.62. The number of amides is 1. The minimum absolute atomic E-state index is 0.118. The van der Waals surface area contributed by atoms with Crippen LogP contribution in [0, 0.1) is 0 Å². The highest BCUT2D eigenvalue weighted by Gasteiger charge is 2.23. The van der Waals surface area contributed by atoms with Crippen LogP contribution in [0.3, 0.4) is 0 Å². The summed E-state index contributed by atoms with van der Waals surface area (Å²) in [5.41, 5.74) is 2.01. The Morgan fingerprint density at radius 3 is 2.38 bits per heavy atom. The molecule has 0 aliphatic carbocycles. The zero-order valence-electron chi connectivity index (χ0n) is 16.2. The molecular formula is C23H21NO5. The molecule has 0 fully saturated rings. The van der Waals surface area contributed by atoms with Crippen molar-refractivity contribution in [2.24, 2.45) is 0 Å². The molecule has 1 heterocycles. The van der Waals surface area contributed by atoms with Gasteiger partial charge in [-0.15, -0.1) is 0 Å². The topological polar surface area (TPSA) is 85.6 Å². The number of esters is 1. The van der Waals surface area contributed by atoms with Crippen molar-refractivity contribution < 1.29 is 23.5 Å². The maximum absolute atomic E-state index is 12.6. The molecule has 0 saturated heterocycles. The first-order valence-electron chi connectivity index (χ1n) is 9.27. The van der Waals surface area contributed by atoms with Crippen molar-refractivity contribution in [2.75, 3.05) is 5.32 Å². The van der Waals surface area contributed by atoms with Crippen molar-refractivity contribution in [1.82, 2.24) is 0 Å². The summed E-state index contributed by atoms with van der Waals surface area (Å²) in [4.78, 5) is 37.4. The molecule has 29 heavy (non-hydrogen) atoms. The van der Waals surface area contributed by atoms with Gasteiger partial charge in [-0.1, -0.05) is 43.3 Å². The van der Waals surface area contributed by atoms with Gasteiger partial charge >= 0.3 is 5.97 Å².